The summed E-state index contributed by atoms with van der Waals surface area (Å²) in [6.45, 7) is 1.60. The van der Waals surface area contributed by atoms with Crippen LogP contribution in [0.1, 0.15) is 36.0 Å². The van der Waals surface area contributed by atoms with Gasteiger partial charge in [0.2, 0.25) is 0 Å². The average molecular weight is 364 g/mol. The Labute approximate surface area is 148 Å². The molecular formula is C17H17FN2O4S. The molecule has 6 nitrogen and oxygen atoms in total. The molecule has 0 fully saturated rings. The summed E-state index contributed by atoms with van der Waals surface area (Å²) in [6, 6.07) is 5.49. The molecule has 0 aliphatic carbocycles. The fourth-order valence-corrected chi connectivity index (χ4v) is 3.38. The van der Waals surface area contributed by atoms with Crippen molar-refractivity contribution in [3.63, 3.8) is 0 Å². The standard InChI is InChI=1S/C17H17FN2O4S/c1-9-12(17(23)24-4)15(25-13(9)16(22)20(2)3)19-14(21)10-7-5-6-8-11(10)18/h5-8H,1-4H3,(H,19,21). The van der Waals surface area contributed by atoms with E-state index < -0.39 is 17.7 Å². The first-order valence-electron chi connectivity index (χ1n) is 7.27. The molecule has 0 bridgehead atoms. The fraction of sp³-hybridized carbons (Fsp3) is 0.235. The lowest BCUT2D eigenvalue weighted by Crippen LogP contribution is -2.21. The second kappa shape index (κ2) is 7.43. The number of ether oxygens (including phenoxy) is 1. The Balaban J connectivity index is 2.47. The Bertz CT molecular complexity index is 845. The normalized spacial score (nSPS) is 10.3. The zero-order chi connectivity index (χ0) is 18.7. The van der Waals surface area contributed by atoms with Crippen LogP contribution in [0.5, 0.6) is 0 Å². The maximum atomic E-state index is 13.8. The Hall–Kier alpha value is -2.74. The van der Waals surface area contributed by atoms with Crippen molar-refractivity contribution in [1.29, 1.82) is 0 Å². The van der Waals surface area contributed by atoms with Crippen molar-refractivity contribution >= 4 is 34.1 Å². The van der Waals surface area contributed by atoms with E-state index in [1.54, 1.807) is 21.0 Å². The lowest BCUT2D eigenvalue weighted by atomic mass is 10.1. The van der Waals surface area contributed by atoms with Crippen LogP contribution in [0.3, 0.4) is 0 Å². The fourth-order valence-electron chi connectivity index (χ4n) is 2.17. The molecule has 132 valence electrons. The highest BCUT2D eigenvalue weighted by Gasteiger charge is 2.27. The molecule has 0 spiro atoms. The third-order valence-corrected chi connectivity index (χ3v) is 4.68. The second-order valence-corrected chi connectivity index (χ2v) is 6.41. The van der Waals surface area contributed by atoms with Gasteiger partial charge in [-0.15, -0.1) is 11.3 Å². The van der Waals surface area contributed by atoms with E-state index in [4.69, 9.17) is 4.74 Å². The van der Waals surface area contributed by atoms with Gasteiger partial charge in [0.15, 0.2) is 0 Å². The molecule has 0 unspecified atom stereocenters. The second-order valence-electron chi connectivity index (χ2n) is 5.39. The zero-order valence-electron chi connectivity index (χ0n) is 14.2. The van der Waals surface area contributed by atoms with Gasteiger partial charge < -0.3 is 15.0 Å². The number of hydrogen-bond donors (Lipinski definition) is 1. The zero-order valence-corrected chi connectivity index (χ0v) is 15.0. The topological polar surface area (TPSA) is 75.7 Å². The highest BCUT2D eigenvalue weighted by Crippen LogP contribution is 2.34. The molecule has 0 radical (unpaired) electrons. The summed E-state index contributed by atoms with van der Waals surface area (Å²) >= 11 is 0.949. The van der Waals surface area contributed by atoms with E-state index in [2.05, 4.69) is 5.32 Å². The summed E-state index contributed by atoms with van der Waals surface area (Å²) in [7, 11) is 4.36. The van der Waals surface area contributed by atoms with Crippen LogP contribution in [0.15, 0.2) is 24.3 Å². The van der Waals surface area contributed by atoms with E-state index in [1.807, 2.05) is 0 Å². The van der Waals surface area contributed by atoms with E-state index in [-0.39, 0.29) is 22.0 Å². The number of rotatable bonds is 4. The molecule has 2 aromatic rings. The monoisotopic (exact) mass is 364 g/mol. The average Bonchev–Trinajstić information content (AvgIpc) is 2.89. The summed E-state index contributed by atoms with van der Waals surface area (Å²) in [6.07, 6.45) is 0. The molecule has 0 saturated carbocycles. The van der Waals surface area contributed by atoms with Gasteiger partial charge in [-0.05, 0) is 24.6 Å². The van der Waals surface area contributed by atoms with Gasteiger partial charge >= 0.3 is 5.97 Å². The minimum atomic E-state index is -0.714. The molecule has 0 saturated heterocycles. The highest BCUT2D eigenvalue weighted by molar-refractivity contribution is 7.18. The maximum Gasteiger partial charge on any atom is 0.341 e. The van der Waals surface area contributed by atoms with Crippen molar-refractivity contribution in [3.05, 3.63) is 51.7 Å². The molecule has 0 aliphatic heterocycles. The minimum Gasteiger partial charge on any atom is -0.465 e. The molecule has 1 N–H and O–H groups in total. The number of carbonyl (C=O) groups excluding carboxylic acids is 3. The number of benzene rings is 1. The summed E-state index contributed by atoms with van der Waals surface area (Å²) in [5, 5.41) is 2.65. The Kier molecular flexibility index (Phi) is 5.53. The van der Waals surface area contributed by atoms with Crippen LogP contribution in [-0.4, -0.2) is 43.9 Å². The van der Waals surface area contributed by atoms with Gasteiger partial charge in [0.1, 0.15) is 10.8 Å². The third kappa shape index (κ3) is 3.69. The number of methoxy groups -OCH3 is 1. The van der Waals surface area contributed by atoms with Gasteiger partial charge in [0, 0.05) is 14.1 Å². The summed E-state index contributed by atoms with van der Waals surface area (Å²) < 4.78 is 18.5. The van der Waals surface area contributed by atoms with Crippen LogP contribution in [0, 0.1) is 12.7 Å². The molecule has 8 heteroatoms. The Morgan fingerprint density at radius 3 is 2.40 bits per heavy atom. The molecule has 2 amide bonds. The van der Waals surface area contributed by atoms with Crippen molar-refractivity contribution in [3.8, 4) is 0 Å². The van der Waals surface area contributed by atoms with Gasteiger partial charge in [0.05, 0.1) is 23.1 Å². The van der Waals surface area contributed by atoms with Crippen molar-refractivity contribution in [2.75, 3.05) is 26.5 Å². The lowest BCUT2D eigenvalue weighted by Gasteiger charge is -2.08. The van der Waals surface area contributed by atoms with E-state index in [0.717, 1.165) is 17.4 Å². The largest absolute Gasteiger partial charge is 0.465 e. The highest BCUT2D eigenvalue weighted by atomic mass is 32.1. The van der Waals surface area contributed by atoms with Crippen molar-refractivity contribution in [2.24, 2.45) is 0 Å². The predicted octanol–water partition coefficient (Wildman–Crippen LogP) is 2.94. The molecule has 0 atom stereocenters. The van der Waals surface area contributed by atoms with Gasteiger partial charge in [-0.25, -0.2) is 9.18 Å². The number of thiophene rings is 1. The SMILES string of the molecule is COC(=O)c1c(NC(=O)c2ccccc2F)sc(C(=O)N(C)C)c1C. The number of esters is 1. The van der Waals surface area contributed by atoms with Crippen LogP contribution in [0.4, 0.5) is 9.39 Å². The lowest BCUT2D eigenvalue weighted by molar-refractivity contribution is 0.0601. The van der Waals surface area contributed by atoms with Gasteiger partial charge in [-0.3, -0.25) is 9.59 Å². The molecule has 1 aromatic carbocycles. The van der Waals surface area contributed by atoms with Gasteiger partial charge in [-0.1, -0.05) is 12.1 Å². The quantitative estimate of drug-likeness (QED) is 0.847. The van der Waals surface area contributed by atoms with Crippen molar-refractivity contribution < 1.29 is 23.5 Å². The molecule has 2 rings (SSSR count). The van der Waals surface area contributed by atoms with Crippen LogP contribution in [-0.2, 0) is 4.74 Å². The third-order valence-electron chi connectivity index (χ3n) is 3.48. The summed E-state index contributed by atoms with van der Waals surface area (Å²) in [5.74, 6) is -2.39. The molecular weight excluding hydrogens is 347 g/mol. The first kappa shape index (κ1) is 18.6. The number of amides is 2. The molecule has 1 heterocycles. The first-order chi connectivity index (χ1) is 11.8. The smallest absolute Gasteiger partial charge is 0.341 e. The number of carbonyl (C=O) groups is 3. The molecule has 25 heavy (non-hydrogen) atoms. The summed E-state index contributed by atoms with van der Waals surface area (Å²) in [4.78, 5) is 38.3. The van der Waals surface area contributed by atoms with Crippen molar-refractivity contribution in [2.45, 2.75) is 6.92 Å². The number of nitrogens with zero attached hydrogens (tertiary/aromatic N) is 1. The molecule has 0 aliphatic rings. The van der Waals surface area contributed by atoms with Crippen LogP contribution < -0.4 is 5.32 Å². The van der Waals surface area contributed by atoms with E-state index in [1.165, 1.54) is 30.2 Å². The van der Waals surface area contributed by atoms with E-state index >= 15 is 0 Å². The predicted molar refractivity (Wildman–Crippen MR) is 92.8 cm³/mol. The first-order valence-corrected chi connectivity index (χ1v) is 8.08. The van der Waals surface area contributed by atoms with E-state index in [0.29, 0.717) is 10.4 Å². The Morgan fingerprint density at radius 2 is 1.84 bits per heavy atom. The molecule has 1 aromatic heterocycles. The van der Waals surface area contributed by atoms with Crippen molar-refractivity contribution in [1.82, 2.24) is 4.90 Å². The van der Waals surface area contributed by atoms with Crippen LogP contribution in [0.25, 0.3) is 0 Å². The summed E-state index contributed by atoms with van der Waals surface area (Å²) in [5.41, 5.74) is 0.326. The number of hydrogen-bond acceptors (Lipinski definition) is 5. The minimum absolute atomic E-state index is 0.0855. The number of nitrogens with one attached hydrogen (secondary N) is 1. The van der Waals surface area contributed by atoms with E-state index in [9.17, 15) is 18.8 Å². The van der Waals surface area contributed by atoms with Gasteiger partial charge in [0.25, 0.3) is 11.8 Å². The van der Waals surface area contributed by atoms with Crippen LogP contribution >= 0.6 is 11.3 Å². The number of halogens is 1. The van der Waals surface area contributed by atoms with Gasteiger partial charge in [-0.2, -0.15) is 0 Å². The number of anilines is 1. The Morgan fingerprint density at radius 1 is 1.20 bits per heavy atom. The van der Waals surface area contributed by atoms with Crippen LogP contribution in [0.2, 0.25) is 0 Å². The maximum absolute atomic E-state index is 13.8.